The van der Waals surface area contributed by atoms with Crippen LogP contribution in [0, 0.1) is 0 Å². The zero-order chi connectivity index (χ0) is 16.4. The van der Waals surface area contributed by atoms with Crippen LogP contribution in [0.15, 0.2) is 36.7 Å². The summed E-state index contributed by atoms with van der Waals surface area (Å²) in [4.78, 5) is 16.5. The summed E-state index contributed by atoms with van der Waals surface area (Å²) in [5.41, 5.74) is 3.23. The molecule has 3 nitrogen and oxygen atoms in total. The molecule has 122 valence electrons. The Morgan fingerprint density at radius 3 is 2.65 bits per heavy atom. The van der Waals surface area contributed by atoms with E-state index in [0.29, 0.717) is 13.1 Å². The monoisotopic (exact) mass is 328 g/mol. The van der Waals surface area contributed by atoms with E-state index in [4.69, 9.17) is 0 Å². The number of thiophene rings is 1. The molecule has 1 amide bonds. The van der Waals surface area contributed by atoms with Gasteiger partial charge in [0.15, 0.2) is 0 Å². The summed E-state index contributed by atoms with van der Waals surface area (Å²) in [5.74, 6) is 0.151. The van der Waals surface area contributed by atoms with E-state index in [2.05, 4.69) is 11.1 Å². The third-order valence-electron chi connectivity index (χ3n) is 4.34. The van der Waals surface area contributed by atoms with E-state index >= 15 is 0 Å². The van der Waals surface area contributed by atoms with Gasteiger partial charge in [0.2, 0.25) is 0 Å². The van der Waals surface area contributed by atoms with Gasteiger partial charge >= 0.3 is 0 Å². The number of rotatable bonds is 5. The van der Waals surface area contributed by atoms with Crippen LogP contribution in [-0.2, 0) is 12.8 Å². The lowest BCUT2D eigenvalue weighted by molar-refractivity contribution is 0.0777. The van der Waals surface area contributed by atoms with Crippen LogP contribution in [0.5, 0.6) is 0 Å². The van der Waals surface area contributed by atoms with Crippen LogP contribution in [0.2, 0.25) is 0 Å². The summed E-state index contributed by atoms with van der Waals surface area (Å²) in [6.07, 6.45) is 8.61. The maximum atomic E-state index is 13.2. The van der Waals surface area contributed by atoms with Crippen LogP contribution in [0.25, 0.3) is 5.00 Å². The number of aryl methyl sites for hydroxylation is 1. The molecular formula is C19H24N2OS. The van der Waals surface area contributed by atoms with Crippen molar-refractivity contribution in [3.63, 3.8) is 0 Å². The molecule has 4 heteroatoms. The third kappa shape index (κ3) is 3.13. The van der Waals surface area contributed by atoms with E-state index in [-0.39, 0.29) is 5.91 Å². The fraction of sp³-hybridized carbons (Fsp3) is 0.421. The molecule has 0 saturated heterocycles. The maximum Gasteiger partial charge on any atom is 0.257 e. The van der Waals surface area contributed by atoms with Crippen LogP contribution in [0.1, 0.15) is 47.5 Å². The molecule has 2 heterocycles. The van der Waals surface area contributed by atoms with Gasteiger partial charge in [-0.25, -0.2) is 0 Å². The predicted octanol–water partition coefficient (Wildman–Crippen LogP) is 4.46. The minimum atomic E-state index is 0.151. The molecule has 2 aromatic rings. The molecule has 0 aliphatic heterocycles. The first-order valence-corrected chi connectivity index (χ1v) is 9.15. The molecule has 1 aliphatic rings. The molecule has 0 atom stereocenters. The molecule has 1 aliphatic carbocycles. The minimum absolute atomic E-state index is 0.151. The highest BCUT2D eigenvalue weighted by Crippen LogP contribution is 2.37. The number of fused-ring (bicyclic) bond motifs is 1. The summed E-state index contributed by atoms with van der Waals surface area (Å²) in [6.45, 7) is 9.32. The molecule has 3 rings (SSSR count). The van der Waals surface area contributed by atoms with E-state index in [1.807, 2.05) is 43.3 Å². The first kappa shape index (κ1) is 16.1. The summed E-state index contributed by atoms with van der Waals surface area (Å²) in [7, 11) is 0. The molecule has 0 radical (unpaired) electrons. The lowest BCUT2D eigenvalue weighted by atomic mass is 9.95. The van der Waals surface area contributed by atoms with Crippen molar-refractivity contribution < 1.29 is 4.79 Å². The summed E-state index contributed by atoms with van der Waals surface area (Å²) < 4.78 is 2.09. The highest BCUT2D eigenvalue weighted by Gasteiger charge is 2.28. The van der Waals surface area contributed by atoms with Gasteiger partial charge in [0.05, 0.1) is 5.56 Å². The Balaban J connectivity index is 2.07. The zero-order valence-electron chi connectivity index (χ0n) is 14.0. The third-order valence-corrected chi connectivity index (χ3v) is 5.64. The Morgan fingerprint density at radius 2 is 2.00 bits per heavy atom. The molecule has 2 aromatic heterocycles. The molecule has 0 fully saturated rings. The lowest BCUT2D eigenvalue weighted by Gasteiger charge is -2.23. The van der Waals surface area contributed by atoms with Crippen LogP contribution in [-0.4, -0.2) is 28.5 Å². The van der Waals surface area contributed by atoms with Crippen molar-refractivity contribution in [1.29, 1.82) is 0 Å². The molecule has 0 unspecified atom stereocenters. The normalized spacial score (nSPS) is 13.7. The van der Waals surface area contributed by atoms with Crippen LogP contribution in [0.4, 0.5) is 0 Å². The Kier molecular flexibility index (Phi) is 4.71. The van der Waals surface area contributed by atoms with Gasteiger partial charge in [-0.05, 0) is 57.2 Å². The minimum Gasteiger partial charge on any atom is -0.335 e. The summed E-state index contributed by atoms with van der Waals surface area (Å²) in [5, 5.41) is 1.08. The molecule has 0 saturated carbocycles. The number of carbonyl (C=O) groups is 1. The molecule has 0 bridgehead atoms. The number of hydrogen-bond donors (Lipinski definition) is 0. The van der Waals surface area contributed by atoms with E-state index in [0.717, 1.165) is 29.0 Å². The Hall–Kier alpha value is -1.81. The van der Waals surface area contributed by atoms with E-state index in [9.17, 15) is 4.79 Å². The highest BCUT2D eigenvalue weighted by molar-refractivity contribution is 7.15. The number of nitrogens with zero attached hydrogens (tertiary/aromatic N) is 2. The van der Waals surface area contributed by atoms with Gasteiger partial charge in [-0.1, -0.05) is 12.2 Å². The van der Waals surface area contributed by atoms with Crippen LogP contribution in [0.3, 0.4) is 0 Å². The molecule has 0 spiro atoms. The van der Waals surface area contributed by atoms with Crippen molar-refractivity contribution in [2.45, 2.75) is 39.5 Å². The van der Waals surface area contributed by atoms with E-state index in [1.54, 1.807) is 11.3 Å². The first-order valence-electron chi connectivity index (χ1n) is 8.33. The molecule has 0 aromatic carbocycles. The fourth-order valence-electron chi connectivity index (χ4n) is 3.23. The van der Waals surface area contributed by atoms with Gasteiger partial charge in [0, 0.05) is 30.4 Å². The zero-order valence-corrected chi connectivity index (χ0v) is 14.8. The fourth-order valence-corrected chi connectivity index (χ4v) is 4.58. The van der Waals surface area contributed by atoms with Crippen molar-refractivity contribution in [3.05, 3.63) is 52.7 Å². The van der Waals surface area contributed by atoms with Gasteiger partial charge in [-0.15, -0.1) is 11.3 Å². The van der Waals surface area contributed by atoms with Crippen molar-refractivity contribution in [3.8, 4) is 5.00 Å². The summed E-state index contributed by atoms with van der Waals surface area (Å²) >= 11 is 1.79. The number of likely N-dealkylation sites (N-methyl/N-ethyl adjacent to an activating group) is 1. The van der Waals surface area contributed by atoms with Gasteiger partial charge < -0.3 is 9.47 Å². The number of hydrogen-bond acceptors (Lipinski definition) is 2. The second-order valence-electron chi connectivity index (χ2n) is 6.26. The van der Waals surface area contributed by atoms with Crippen molar-refractivity contribution >= 4 is 17.2 Å². The largest absolute Gasteiger partial charge is 0.335 e. The average molecular weight is 328 g/mol. The Morgan fingerprint density at radius 1 is 1.30 bits per heavy atom. The van der Waals surface area contributed by atoms with Gasteiger partial charge in [-0.2, -0.15) is 0 Å². The maximum absolute atomic E-state index is 13.2. The topological polar surface area (TPSA) is 25.2 Å². The van der Waals surface area contributed by atoms with Crippen LogP contribution < -0.4 is 0 Å². The summed E-state index contributed by atoms with van der Waals surface area (Å²) in [6, 6.07) is 4.02. The smallest absolute Gasteiger partial charge is 0.257 e. The Bertz CT molecular complexity index is 712. The molecule has 23 heavy (non-hydrogen) atoms. The Labute approximate surface area is 142 Å². The molecular weight excluding hydrogens is 304 g/mol. The van der Waals surface area contributed by atoms with Crippen molar-refractivity contribution in [2.75, 3.05) is 13.1 Å². The van der Waals surface area contributed by atoms with Gasteiger partial charge in [-0.3, -0.25) is 4.79 Å². The van der Waals surface area contributed by atoms with Crippen LogP contribution >= 0.6 is 11.3 Å². The lowest BCUT2D eigenvalue weighted by Crippen LogP contribution is -2.33. The first-order chi connectivity index (χ1) is 11.1. The number of amides is 1. The highest BCUT2D eigenvalue weighted by atomic mass is 32.1. The van der Waals surface area contributed by atoms with E-state index in [1.165, 1.54) is 23.3 Å². The SMILES string of the molecule is C=C(C)CN(CC)C(=O)c1c(-n2cccc2)sc2c1CCCC2. The quantitative estimate of drug-likeness (QED) is 0.744. The second-order valence-corrected chi connectivity index (χ2v) is 7.34. The molecule has 0 N–H and O–H groups in total. The van der Waals surface area contributed by atoms with Crippen molar-refractivity contribution in [2.24, 2.45) is 0 Å². The van der Waals surface area contributed by atoms with Crippen molar-refractivity contribution in [1.82, 2.24) is 9.47 Å². The van der Waals surface area contributed by atoms with Gasteiger partial charge in [0.25, 0.3) is 5.91 Å². The van der Waals surface area contributed by atoms with E-state index < -0.39 is 0 Å². The standard InChI is InChI=1S/C19H24N2OS/c1-4-20(13-14(2)3)18(22)17-15-9-5-6-10-16(15)23-19(17)21-11-7-8-12-21/h7-8,11-12H,2,4-6,9-10,13H2,1,3H3. The number of aromatic nitrogens is 1. The average Bonchev–Trinajstić information content (AvgIpc) is 3.18. The second kappa shape index (κ2) is 6.75. The predicted molar refractivity (Wildman–Crippen MR) is 96.7 cm³/mol. The van der Waals surface area contributed by atoms with Gasteiger partial charge in [0.1, 0.15) is 5.00 Å². The number of carbonyl (C=O) groups excluding carboxylic acids is 1.